The SMILES string of the molecule is COc1ccc2nc(N(Cc3cccnc3)C(=O)c3ccccc3F)sc2c1. The van der Waals surface area contributed by atoms with Crippen LogP contribution in [0.5, 0.6) is 5.75 Å². The molecule has 2 aromatic heterocycles. The molecule has 4 rings (SSSR count). The lowest BCUT2D eigenvalue weighted by Gasteiger charge is -2.20. The Bertz CT molecular complexity index is 1130. The Labute approximate surface area is 165 Å². The van der Waals surface area contributed by atoms with Gasteiger partial charge in [-0.25, -0.2) is 9.37 Å². The van der Waals surface area contributed by atoms with E-state index in [1.54, 1.807) is 37.7 Å². The van der Waals surface area contributed by atoms with Crippen LogP contribution < -0.4 is 9.64 Å². The van der Waals surface area contributed by atoms with Gasteiger partial charge in [-0.3, -0.25) is 14.7 Å². The van der Waals surface area contributed by atoms with Gasteiger partial charge < -0.3 is 4.74 Å². The van der Waals surface area contributed by atoms with Crippen molar-refractivity contribution < 1.29 is 13.9 Å². The first-order valence-corrected chi connectivity index (χ1v) is 9.37. The predicted octanol–water partition coefficient (Wildman–Crippen LogP) is 4.69. The summed E-state index contributed by atoms with van der Waals surface area (Å²) < 4.78 is 20.4. The van der Waals surface area contributed by atoms with Gasteiger partial charge in [0.1, 0.15) is 11.6 Å². The van der Waals surface area contributed by atoms with Crippen molar-refractivity contribution in [2.24, 2.45) is 0 Å². The van der Waals surface area contributed by atoms with Crippen molar-refractivity contribution in [1.29, 1.82) is 0 Å². The molecule has 2 aromatic carbocycles. The topological polar surface area (TPSA) is 55.3 Å². The van der Waals surface area contributed by atoms with Crippen LogP contribution in [-0.4, -0.2) is 23.0 Å². The van der Waals surface area contributed by atoms with E-state index in [0.29, 0.717) is 10.9 Å². The van der Waals surface area contributed by atoms with E-state index in [9.17, 15) is 9.18 Å². The largest absolute Gasteiger partial charge is 0.497 e. The number of carbonyl (C=O) groups excluding carboxylic acids is 1. The number of ether oxygens (including phenoxy) is 1. The number of pyridine rings is 1. The number of fused-ring (bicyclic) bond motifs is 1. The molecule has 0 bridgehead atoms. The Hall–Kier alpha value is -3.32. The minimum atomic E-state index is -0.563. The number of methoxy groups -OCH3 is 1. The van der Waals surface area contributed by atoms with Crippen molar-refractivity contribution in [3.8, 4) is 5.75 Å². The van der Waals surface area contributed by atoms with Gasteiger partial charge in [-0.1, -0.05) is 29.5 Å². The zero-order valence-corrected chi connectivity index (χ0v) is 15.8. The van der Waals surface area contributed by atoms with Crippen LogP contribution in [0.4, 0.5) is 9.52 Å². The molecule has 28 heavy (non-hydrogen) atoms. The van der Waals surface area contributed by atoms with Crippen LogP contribution in [0.2, 0.25) is 0 Å². The third kappa shape index (κ3) is 3.57. The Kier molecular flexibility index (Phi) is 4.99. The Morgan fingerprint density at radius 3 is 2.79 bits per heavy atom. The first-order valence-electron chi connectivity index (χ1n) is 8.55. The second kappa shape index (κ2) is 7.74. The second-order valence-electron chi connectivity index (χ2n) is 6.06. The lowest BCUT2D eigenvalue weighted by atomic mass is 10.1. The predicted molar refractivity (Wildman–Crippen MR) is 107 cm³/mol. The maximum Gasteiger partial charge on any atom is 0.263 e. The van der Waals surface area contributed by atoms with Gasteiger partial charge in [0.05, 0.1) is 29.4 Å². The summed E-state index contributed by atoms with van der Waals surface area (Å²) in [6.45, 7) is 0.234. The van der Waals surface area contributed by atoms with E-state index < -0.39 is 11.7 Å². The summed E-state index contributed by atoms with van der Waals surface area (Å²) in [5, 5.41) is 0.486. The normalized spacial score (nSPS) is 10.8. The minimum Gasteiger partial charge on any atom is -0.497 e. The van der Waals surface area contributed by atoms with Gasteiger partial charge in [0, 0.05) is 12.4 Å². The molecule has 140 valence electrons. The van der Waals surface area contributed by atoms with Crippen molar-refractivity contribution in [2.45, 2.75) is 6.54 Å². The number of nitrogens with zero attached hydrogens (tertiary/aromatic N) is 3. The number of thiazole rings is 1. The summed E-state index contributed by atoms with van der Waals surface area (Å²) in [4.78, 5) is 23.3. The van der Waals surface area contributed by atoms with Crippen LogP contribution in [0.1, 0.15) is 15.9 Å². The van der Waals surface area contributed by atoms with Crippen LogP contribution in [0.25, 0.3) is 10.2 Å². The highest BCUT2D eigenvalue weighted by atomic mass is 32.1. The van der Waals surface area contributed by atoms with Gasteiger partial charge in [0.25, 0.3) is 5.91 Å². The van der Waals surface area contributed by atoms with Crippen molar-refractivity contribution in [3.05, 3.63) is 83.9 Å². The summed E-state index contributed by atoms with van der Waals surface area (Å²) in [5.41, 5.74) is 1.57. The molecule has 0 spiro atoms. The van der Waals surface area contributed by atoms with E-state index in [4.69, 9.17) is 4.74 Å². The van der Waals surface area contributed by atoms with Crippen molar-refractivity contribution in [2.75, 3.05) is 12.0 Å². The molecule has 2 heterocycles. The number of amides is 1. The highest BCUT2D eigenvalue weighted by molar-refractivity contribution is 7.22. The lowest BCUT2D eigenvalue weighted by Crippen LogP contribution is -2.31. The molecule has 1 amide bonds. The van der Waals surface area contributed by atoms with E-state index in [2.05, 4.69) is 9.97 Å². The maximum atomic E-state index is 14.3. The molecule has 0 atom stereocenters. The number of anilines is 1. The third-order valence-corrected chi connectivity index (χ3v) is 5.27. The number of hydrogen-bond donors (Lipinski definition) is 0. The Morgan fingerprint density at radius 1 is 1.18 bits per heavy atom. The number of hydrogen-bond acceptors (Lipinski definition) is 5. The minimum absolute atomic E-state index is 0.00299. The van der Waals surface area contributed by atoms with Crippen LogP contribution in [0, 0.1) is 5.82 Å². The molecule has 0 aliphatic heterocycles. The average molecular weight is 393 g/mol. The molecular formula is C21H16FN3O2S. The number of carbonyl (C=O) groups is 1. The molecule has 4 aromatic rings. The molecule has 5 nitrogen and oxygen atoms in total. The van der Waals surface area contributed by atoms with Crippen molar-refractivity contribution in [1.82, 2.24) is 9.97 Å². The maximum absolute atomic E-state index is 14.3. The van der Waals surface area contributed by atoms with Gasteiger partial charge in [-0.2, -0.15) is 0 Å². The third-order valence-electron chi connectivity index (χ3n) is 4.23. The standard InChI is InChI=1S/C21H16FN3O2S/c1-27-15-8-9-18-19(11-15)28-21(24-18)25(13-14-5-4-10-23-12-14)20(26)16-6-2-3-7-17(16)22/h2-12H,13H2,1H3. The molecule has 0 fully saturated rings. The fraction of sp³-hybridized carbons (Fsp3) is 0.0952. The number of aromatic nitrogens is 2. The molecule has 0 N–H and O–H groups in total. The molecule has 0 aliphatic carbocycles. The zero-order valence-electron chi connectivity index (χ0n) is 15.0. The fourth-order valence-corrected chi connectivity index (χ4v) is 3.81. The highest BCUT2D eigenvalue weighted by Gasteiger charge is 2.24. The van der Waals surface area contributed by atoms with Gasteiger partial charge in [-0.15, -0.1) is 0 Å². The summed E-state index contributed by atoms with van der Waals surface area (Å²) >= 11 is 1.35. The molecule has 0 saturated carbocycles. The number of rotatable bonds is 5. The second-order valence-corrected chi connectivity index (χ2v) is 7.07. The Morgan fingerprint density at radius 2 is 2.04 bits per heavy atom. The summed E-state index contributed by atoms with van der Waals surface area (Å²) in [7, 11) is 1.60. The van der Waals surface area contributed by atoms with Crippen molar-refractivity contribution in [3.63, 3.8) is 0 Å². The van der Waals surface area contributed by atoms with E-state index >= 15 is 0 Å². The molecule has 0 unspecified atom stereocenters. The molecule has 0 aliphatic rings. The highest BCUT2D eigenvalue weighted by Crippen LogP contribution is 2.33. The van der Waals surface area contributed by atoms with Gasteiger partial charge >= 0.3 is 0 Å². The van der Waals surface area contributed by atoms with Crippen LogP contribution in [-0.2, 0) is 6.54 Å². The molecule has 7 heteroatoms. The summed E-state index contributed by atoms with van der Waals surface area (Å²) in [6.07, 6.45) is 3.34. The quantitative estimate of drug-likeness (QED) is 0.494. The van der Waals surface area contributed by atoms with Crippen molar-refractivity contribution >= 4 is 32.6 Å². The molecule has 0 saturated heterocycles. The Balaban J connectivity index is 1.78. The van der Waals surface area contributed by atoms with E-state index in [1.165, 1.54) is 28.4 Å². The fourth-order valence-electron chi connectivity index (χ4n) is 2.82. The smallest absolute Gasteiger partial charge is 0.263 e. The molecular weight excluding hydrogens is 377 g/mol. The van der Waals surface area contributed by atoms with E-state index in [1.807, 2.05) is 24.3 Å². The van der Waals surface area contributed by atoms with Crippen LogP contribution >= 0.6 is 11.3 Å². The summed E-state index contributed by atoms with van der Waals surface area (Å²) in [5.74, 6) is -0.304. The van der Waals surface area contributed by atoms with Gasteiger partial charge in [-0.05, 0) is 42.0 Å². The monoisotopic (exact) mass is 393 g/mol. The first kappa shape index (κ1) is 18.1. The average Bonchev–Trinajstić information content (AvgIpc) is 3.15. The first-order chi connectivity index (χ1) is 13.7. The summed E-state index contributed by atoms with van der Waals surface area (Å²) in [6, 6.07) is 15.1. The lowest BCUT2D eigenvalue weighted by molar-refractivity contribution is 0.0981. The van der Waals surface area contributed by atoms with E-state index in [0.717, 1.165) is 15.8 Å². The van der Waals surface area contributed by atoms with Gasteiger partial charge in [0.15, 0.2) is 5.13 Å². The van der Waals surface area contributed by atoms with Gasteiger partial charge in [0.2, 0.25) is 0 Å². The van der Waals surface area contributed by atoms with Crippen LogP contribution in [0.3, 0.4) is 0 Å². The number of halogens is 1. The zero-order chi connectivity index (χ0) is 19.5. The molecule has 0 radical (unpaired) electrons. The van der Waals surface area contributed by atoms with Crippen LogP contribution in [0.15, 0.2) is 67.0 Å². The van der Waals surface area contributed by atoms with E-state index in [-0.39, 0.29) is 12.1 Å². The number of benzene rings is 2.